The molecule has 2 aromatic heterocycles. The highest BCUT2D eigenvalue weighted by atomic mass is 32.1. The van der Waals surface area contributed by atoms with Crippen molar-refractivity contribution >= 4 is 40.1 Å². The molecule has 10 nitrogen and oxygen atoms in total. The molecule has 1 unspecified atom stereocenters. The first-order valence-electron chi connectivity index (χ1n) is 14.6. The summed E-state index contributed by atoms with van der Waals surface area (Å²) in [6, 6.07) is 8.10. The quantitative estimate of drug-likeness (QED) is 0.280. The van der Waals surface area contributed by atoms with Gasteiger partial charge in [-0.1, -0.05) is 0 Å². The Labute approximate surface area is 257 Å². The predicted octanol–water partition coefficient (Wildman–Crippen LogP) is 5.86. The molecule has 0 spiro atoms. The topological polar surface area (TPSA) is 122 Å². The summed E-state index contributed by atoms with van der Waals surface area (Å²) in [4.78, 5) is 49.7. The first kappa shape index (κ1) is 31.5. The number of thiazole rings is 1. The molecule has 44 heavy (non-hydrogen) atoms. The third-order valence-electron chi connectivity index (χ3n) is 7.99. The number of hydrogen-bond donors (Lipinski definition) is 1. The Morgan fingerprint density at radius 2 is 1.98 bits per heavy atom. The van der Waals surface area contributed by atoms with Gasteiger partial charge in [-0.25, -0.2) is 9.97 Å². The molecular formula is C31H34F2N4O6S. The van der Waals surface area contributed by atoms with Gasteiger partial charge in [0, 0.05) is 61.8 Å². The predicted molar refractivity (Wildman–Crippen MR) is 161 cm³/mol. The van der Waals surface area contributed by atoms with Crippen molar-refractivity contribution in [1.29, 1.82) is 0 Å². The number of hydrogen-bond acceptors (Lipinski definition) is 8. The smallest absolute Gasteiger partial charge is 0.387 e. The summed E-state index contributed by atoms with van der Waals surface area (Å²) in [6.07, 6.45) is 5.57. The molecule has 2 aliphatic rings. The van der Waals surface area contributed by atoms with Gasteiger partial charge in [-0.3, -0.25) is 24.2 Å². The zero-order valence-corrected chi connectivity index (χ0v) is 25.1. The molecule has 0 aliphatic carbocycles. The molecular weight excluding hydrogens is 594 g/mol. The van der Waals surface area contributed by atoms with Crippen LogP contribution < -0.4 is 14.5 Å². The molecule has 2 fully saturated rings. The molecule has 2 aliphatic heterocycles. The van der Waals surface area contributed by atoms with Gasteiger partial charge in [0.1, 0.15) is 11.6 Å². The molecule has 234 valence electrons. The second kappa shape index (κ2) is 14.2. The van der Waals surface area contributed by atoms with Gasteiger partial charge in [0.2, 0.25) is 11.8 Å². The monoisotopic (exact) mass is 628 g/mol. The summed E-state index contributed by atoms with van der Waals surface area (Å²) in [5.74, 6) is -1.40. The zero-order chi connectivity index (χ0) is 31.2. The number of carbonyl (C=O) groups is 3. The van der Waals surface area contributed by atoms with Crippen LogP contribution in [0, 0.1) is 11.8 Å². The minimum absolute atomic E-state index is 0.0257. The van der Waals surface area contributed by atoms with Gasteiger partial charge >= 0.3 is 12.6 Å². The van der Waals surface area contributed by atoms with Crippen molar-refractivity contribution in [2.75, 3.05) is 36.6 Å². The Morgan fingerprint density at radius 1 is 1.18 bits per heavy atom. The number of aromatic nitrogens is 2. The molecule has 2 saturated heterocycles. The van der Waals surface area contributed by atoms with Gasteiger partial charge < -0.3 is 14.6 Å². The highest BCUT2D eigenvalue weighted by Gasteiger charge is 2.30. The van der Waals surface area contributed by atoms with Crippen molar-refractivity contribution in [2.45, 2.75) is 51.6 Å². The summed E-state index contributed by atoms with van der Waals surface area (Å²) in [5, 5.41) is 11.6. The zero-order valence-electron chi connectivity index (χ0n) is 24.3. The van der Waals surface area contributed by atoms with Crippen LogP contribution in [0.15, 0.2) is 41.9 Å². The third kappa shape index (κ3) is 7.56. The summed E-state index contributed by atoms with van der Waals surface area (Å²) in [6.45, 7) is -1.23. The molecule has 1 atom stereocenters. The van der Waals surface area contributed by atoms with Gasteiger partial charge in [-0.05, 0) is 73.9 Å². The van der Waals surface area contributed by atoms with E-state index < -0.39 is 18.5 Å². The first-order chi connectivity index (χ1) is 21.2. The first-order valence-corrected chi connectivity index (χ1v) is 15.5. The lowest BCUT2D eigenvalue weighted by Crippen LogP contribution is -2.35. The number of halogens is 2. The maximum absolute atomic E-state index is 13.5. The van der Waals surface area contributed by atoms with Crippen LogP contribution in [0.1, 0.15) is 44.9 Å². The summed E-state index contributed by atoms with van der Waals surface area (Å²) in [5.41, 5.74) is 2.23. The number of carboxylic acids is 1. The van der Waals surface area contributed by atoms with E-state index in [0.717, 1.165) is 25.7 Å². The molecule has 3 aromatic rings. The maximum Gasteiger partial charge on any atom is 0.387 e. The molecule has 0 saturated carbocycles. The van der Waals surface area contributed by atoms with Gasteiger partial charge in [-0.15, -0.1) is 11.3 Å². The number of alkyl halides is 2. The van der Waals surface area contributed by atoms with E-state index in [1.165, 1.54) is 28.4 Å². The van der Waals surface area contributed by atoms with Crippen LogP contribution >= 0.6 is 11.3 Å². The molecule has 0 bridgehead atoms. The molecule has 2 amide bonds. The molecule has 13 heteroatoms. The van der Waals surface area contributed by atoms with Crippen LogP contribution in [-0.2, 0) is 19.1 Å². The number of amides is 2. The Hall–Kier alpha value is -3.97. The Balaban J connectivity index is 1.42. The number of benzene rings is 1. The maximum atomic E-state index is 13.5. The molecule has 1 aromatic carbocycles. The van der Waals surface area contributed by atoms with Crippen LogP contribution in [-0.4, -0.2) is 66.3 Å². The van der Waals surface area contributed by atoms with Crippen molar-refractivity contribution in [3.8, 4) is 28.1 Å². The molecule has 4 heterocycles. The summed E-state index contributed by atoms with van der Waals surface area (Å²) < 4.78 is 36.3. The van der Waals surface area contributed by atoms with Gasteiger partial charge in [0.05, 0.1) is 12.1 Å². The highest BCUT2D eigenvalue weighted by Crippen LogP contribution is 2.38. The average Bonchev–Trinajstić information content (AvgIpc) is 3.51. The normalized spacial score (nSPS) is 16.6. The second-order valence-electron chi connectivity index (χ2n) is 11.0. The highest BCUT2D eigenvalue weighted by molar-refractivity contribution is 7.14. The molecule has 5 rings (SSSR count). The summed E-state index contributed by atoms with van der Waals surface area (Å²) >= 11 is 1.19. The molecule has 0 radical (unpaired) electrons. The van der Waals surface area contributed by atoms with Gasteiger partial charge in [0.15, 0.2) is 5.13 Å². The van der Waals surface area contributed by atoms with Crippen molar-refractivity contribution in [1.82, 2.24) is 9.97 Å². The van der Waals surface area contributed by atoms with Crippen LogP contribution in [0.3, 0.4) is 0 Å². The minimum Gasteiger partial charge on any atom is -0.481 e. The second-order valence-corrected chi connectivity index (χ2v) is 11.8. The lowest BCUT2D eigenvalue weighted by atomic mass is 9.86. The van der Waals surface area contributed by atoms with Crippen molar-refractivity contribution < 1.29 is 37.7 Å². The SMILES string of the molecule is CN(C(=O)C(CC(=O)O)CC1CCOCC1)c1nc(-c2cc(OC(F)F)ccc2-c2ccc(N3CCCCC3=O)nc2)cs1. The number of pyridine rings is 1. The minimum atomic E-state index is -3.02. The number of aliphatic carboxylic acids is 1. The van der Waals surface area contributed by atoms with E-state index in [9.17, 15) is 28.3 Å². The number of nitrogens with zero attached hydrogens (tertiary/aromatic N) is 4. The number of carboxylic acid groups (broad SMARTS) is 1. The Kier molecular flexibility index (Phi) is 10.2. The number of carbonyl (C=O) groups excluding carboxylic acids is 2. The van der Waals surface area contributed by atoms with E-state index in [0.29, 0.717) is 65.9 Å². The Bertz CT molecular complexity index is 1480. The van der Waals surface area contributed by atoms with Crippen molar-refractivity contribution in [3.63, 3.8) is 0 Å². The largest absolute Gasteiger partial charge is 0.481 e. The van der Waals surface area contributed by atoms with Gasteiger partial charge in [0.25, 0.3) is 0 Å². The van der Waals surface area contributed by atoms with E-state index in [2.05, 4.69) is 14.7 Å². The number of anilines is 2. The number of ether oxygens (including phenoxy) is 2. The lowest BCUT2D eigenvalue weighted by Gasteiger charge is -2.27. The fourth-order valence-corrected chi connectivity index (χ4v) is 6.49. The van der Waals surface area contributed by atoms with E-state index in [4.69, 9.17) is 4.74 Å². The fraction of sp³-hybridized carbons (Fsp3) is 0.452. The third-order valence-corrected chi connectivity index (χ3v) is 8.91. The van der Waals surface area contributed by atoms with Gasteiger partial charge in [-0.2, -0.15) is 8.78 Å². The standard InChI is InChI=1S/C31H34F2N4O6S/c1-36(29(41)21(15-28(39)40)14-19-9-12-42-13-10-19)31-35-25(18-44-31)24-16-22(43-30(32)33)6-7-23(24)20-5-8-26(34-17-20)37-11-3-2-4-27(37)38/h5-8,16-19,21,30H,2-4,9-15H2,1H3,(H,39,40). The van der Waals surface area contributed by atoms with Crippen LogP contribution in [0.2, 0.25) is 0 Å². The van der Waals surface area contributed by atoms with Crippen LogP contribution in [0.5, 0.6) is 5.75 Å². The van der Waals surface area contributed by atoms with E-state index in [1.54, 1.807) is 35.7 Å². The van der Waals surface area contributed by atoms with E-state index in [1.807, 2.05) is 6.07 Å². The van der Waals surface area contributed by atoms with E-state index in [-0.39, 0.29) is 29.9 Å². The number of rotatable bonds is 11. The van der Waals surface area contributed by atoms with Crippen LogP contribution in [0.4, 0.5) is 19.7 Å². The summed E-state index contributed by atoms with van der Waals surface area (Å²) in [7, 11) is 1.56. The van der Waals surface area contributed by atoms with Crippen molar-refractivity contribution in [3.05, 3.63) is 41.9 Å². The van der Waals surface area contributed by atoms with E-state index >= 15 is 0 Å². The lowest BCUT2D eigenvalue weighted by molar-refractivity contribution is -0.141. The number of piperidine rings is 1. The average molecular weight is 629 g/mol. The Morgan fingerprint density at radius 3 is 2.66 bits per heavy atom. The fourth-order valence-electron chi connectivity index (χ4n) is 5.69. The van der Waals surface area contributed by atoms with Crippen molar-refractivity contribution in [2.24, 2.45) is 11.8 Å². The van der Waals surface area contributed by atoms with Crippen LogP contribution in [0.25, 0.3) is 22.4 Å². The molecule has 1 N–H and O–H groups in total.